The minimum atomic E-state index is -1.40. The molecule has 2 aromatic carbocycles. The van der Waals surface area contributed by atoms with Crippen LogP contribution in [0.15, 0.2) is 36.4 Å². The van der Waals surface area contributed by atoms with Crippen LogP contribution in [-0.2, 0) is 19.1 Å². The number of esters is 2. The summed E-state index contributed by atoms with van der Waals surface area (Å²) in [5.74, 6) is -5.70. The lowest BCUT2D eigenvalue weighted by Gasteiger charge is -2.24. The first-order valence-electron chi connectivity index (χ1n) is 8.71. The van der Waals surface area contributed by atoms with Gasteiger partial charge in [0.1, 0.15) is 0 Å². The summed E-state index contributed by atoms with van der Waals surface area (Å²) in [7, 11) is 2.23. The summed E-state index contributed by atoms with van der Waals surface area (Å²) >= 11 is 0. The van der Waals surface area contributed by atoms with Gasteiger partial charge in [0.25, 0.3) is 0 Å². The van der Waals surface area contributed by atoms with Crippen molar-refractivity contribution in [2.24, 2.45) is 0 Å². The minimum Gasteiger partial charge on any atom is -0.468 e. The van der Waals surface area contributed by atoms with Crippen LogP contribution >= 0.6 is 0 Å². The topological polar surface area (TPSA) is 134 Å². The van der Waals surface area contributed by atoms with E-state index in [1.165, 1.54) is 36.4 Å². The van der Waals surface area contributed by atoms with Gasteiger partial charge in [0.05, 0.1) is 26.4 Å². The van der Waals surface area contributed by atoms with Gasteiger partial charge in [0.15, 0.2) is 23.4 Å². The highest BCUT2D eigenvalue weighted by atomic mass is 16.5. The number of fused-ring (bicyclic) bond motifs is 2. The number of carbonyl (C=O) groups is 4. The number of ether oxygens (including phenoxy) is 2. The Labute approximate surface area is 171 Å². The largest absolute Gasteiger partial charge is 0.468 e. The monoisotopic (exact) mass is 402 g/mol. The molecule has 2 unspecified atom stereocenters. The first kappa shape index (κ1) is 20.4. The van der Waals surface area contributed by atoms with E-state index in [0.29, 0.717) is 0 Å². The molecule has 0 saturated carbocycles. The molecule has 8 heteroatoms. The standard InChI is InChI=1S/C22H14N2O6/c1-29-21(27)15(9-23)11-5-3-7-13-17(11)19(25)14-8-4-6-12(18(14)20(13)26)16(10-24)22(28)30-2/h3-8,15-16H,1-2H3. The van der Waals surface area contributed by atoms with E-state index < -0.39 is 35.3 Å². The van der Waals surface area contributed by atoms with E-state index in [1.807, 2.05) is 0 Å². The highest BCUT2D eigenvalue weighted by Gasteiger charge is 2.38. The molecule has 0 aliphatic heterocycles. The smallest absolute Gasteiger partial charge is 0.327 e. The molecule has 0 N–H and O–H groups in total. The lowest BCUT2D eigenvalue weighted by atomic mass is 9.76. The van der Waals surface area contributed by atoms with Crippen LogP contribution in [0.2, 0.25) is 0 Å². The third-order valence-electron chi connectivity index (χ3n) is 4.89. The summed E-state index contributed by atoms with van der Waals surface area (Å²) in [6.45, 7) is 0. The van der Waals surface area contributed by atoms with E-state index in [4.69, 9.17) is 0 Å². The van der Waals surface area contributed by atoms with E-state index in [9.17, 15) is 29.7 Å². The van der Waals surface area contributed by atoms with Gasteiger partial charge in [0, 0.05) is 22.3 Å². The highest BCUT2D eigenvalue weighted by molar-refractivity contribution is 6.30. The van der Waals surface area contributed by atoms with Crippen molar-refractivity contribution >= 4 is 23.5 Å². The molecule has 0 heterocycles. The normalized spacial score (nSPS) is 13.7. The second kappa shape index (κ2) is 7.98. The summed E-state index contributed by atoms with van der Waals surface area (Å²) < 4.78 is 9.28. The number of hydrogen-bond donors (Lipinski definition) is 0. The molecule has 148 valence electrons. The molecule has 3 rings (SSSR count). The predicted molar refractivity (Wildman–Crippen MR) is 100 cm³/mol. The Morgan fingerprint density at radius 1 is 0.767 bits per heavy atom. The van der Waals surface area contributed by atoms with Crippen LogP contribution in [0, 0.1) is 22.7 Å². The van der Waals surface area contributed by atoms with E-state index in [-0.39, 0.29) is 33.4 Å². The first-order valence-corrected chi connectivity index (χ1v) is 8.71. The number of rotatable bonds is 4. The van der Waals surface area contributed by atoms with Crippen molar-refractivity contribution in [3.63, 3.8) is 0 Å². The molecule has 0 fully saturated rings. The second-order valence-electron chi connectivity index (χ2n) is 6.37. The quantitative estimate of drug-likeness (QED) is 0.605. The fourth-order valence-electron chi connectivity index (χ4n) is 3.51. The van der Waals surface area contributed by atoms with Gasteiger partial charge < -0.3 is 9.47 Å². The van der Waals surface area contributed by atoms with Crippen molar-refractivity contribution in [1.29, 1.82) is 10.5 Å². The SMILES string of the molecule is COC(=O)C(C#N)c1cccc2c1C(=O)c1cccc(C(C#N)C(=O)OC)c1C2=O. The molecule has 1 aliphatic rings. The van der Waals surface area contributed by atoms with Crippen LogP contribution in [-0.4, -0.2) is 37.7 Å². The lowest BCUT2D eigenvalue weighted by Crippen LogP contribution is -2.27. The molecule has 0 saturated heterocycles. The third kappa shape index (κ3) is 3.01. The number of hydrogen-bond acceptors (Lipinski definition) is 8. The van der Waals surface area contributed by atoms with E-state index in [2.05, 4.69) is 9.47 Å². The molecule has 0 spiro atoms. The zero-order valence-electron chi connectivity index (χ0n) is 16.0. The Morgan fingerprint density at radius 3 is 1.43 bits per heavy atom. The van der Waals surface area contributed by atoms with E-state index >= 15 is 0 Å². The highest BCUT2D eigenvalue weighted by Crippen LogP contribution is 2.36. The number of methoxy groups -OCH3 is 2. The zero-order chi connectivity index (χ0) is 22.0. The van der Waals surface area contributed by atoms with Crippen LogP contribution in [0.4, 0.5) is 0 Å². The van der Waals surface area contributed by atoms with Gasteiger partial charge in [-0.2, -0.15) is 10.5 Å². The van der Waals surface area contributed by atoms with Crippen molar-refractivity contribution in [3.05, 3.63) is 69.8 Å². The molecule has 0 radical (unpaired) electrons. The van der Waals surface area contributed by atoms with Crippen LogP contribution in [0.1, 0.15) is 54.8 Å². The van der Waals surface area contributed by atoms with E-state index in [0.717, 1.165) is 14.2 Å². The molecule has 0 amide bonds. The summed E-state index contributed by atoms with van der Waals surface area (Å²) in [6.07, 6.45) is 0. The van der Waals surface area contributed by atoms with Crippen molar-refractivity contribution in [1.82, 2.24) is 0 Å². The van der Waals surface area contributed by atoms with E-state index in [1.54, 1.807) is 12.1 Å². The number of carbonyl (C=O) groups excluding carboxylic acids is 4. The van der Waals surface area contributed by atoms with Gasteiger partial charge in [0.2, 0.25) is 0 Å². The minimum absolute atomic E-state index is 0.0249. The van der Waals surface area contributed by atoms with Gasteiger partial charge in [-0.3, -0.25) is 19.2 Å². The van der Waals surface area contributed by atoms with Crippen molar-refractivity contribution in [3.8, 4) is 12.1 Å². The molecule has 0 aromatic heterocycles. The summed E-state index contributed by atoms with van der Waals surface area (Å²) in [4.78, 5) is 50.6. The first-order chi connectivity index (χ1) is 14.4. The second-order valence-corrected chi connectivity index (χ2v) is 6.37. The molecule has 2 atom stereocenters. The number of benzene rings is 2. The molecule has 1 aliphatic carbocycles. The summed E-state index contributed by atoms with van der Waals surface area (Å²) in [5, 5.41) is 18.9. The summed E-state index contributed by atoms with van der Waals surface area (Å²) in [6, 6.07) is 12.1. The van der Waals surface area contributed by atoms with Crippen LogP contribution in [0.3, 0.4) is 0 Å². The van der Waals surface area contributed by atoms with Gasteiger partial charge in [-0.25, -0.2) is 0 Å². The van der Waals surface area contributed by atoms with Gasteiger partial charge in [-0.15, -0.1) is 0 Å². The average molecular weight is 402 g/mol. The number of ketones is 2. The Morgan fingerprint density at radius 2 is 1.13 bits per heavy atom. The lowest BCUT2D eigenvalue weighted by molar-refractivity contribution is -0.141. The van der Waals surface area contributed by atoms with Crippen LogP contribution in [0.25, 0.3) is 0 Å². The Bertz CT molecular complexity index is 1090. The molecule has 2 aromatic rings. The predicted octanol–water partition coefficient (Wildman–Crippen LogP) is 2.02. The number of nitriles is 2. The fourth-order valence-corrected chi connectivity index (χ4v) is 3.51. The summed E-state index contributed by atoms with van der Waals surface area (Å²) in [5.41, 5.74) is -0.0835. The van der Waals surface area contributed by atoms with Crippen LogP contribution < -0.4 is 0 Å². The molecule has 0 bridgehead atoms. The Balaban J connectivity index is 2.27. The molecular formula is C22H14N2O6. The van der Waals surface area contributed by atoms with Crippen LogP contribution in [0.5, 0.6) is 0 Å². The maximum absolute atomic E-state index is 13.3. The van der Waals surface area contributed by atoms with Gasteiger partial charge in [-0.1, -0.05) is 36.4 Å². The maximum Gasteiger partial charge on any atom is 0.327 e. The number of nitrogens with zero attached hydrogens (tertiary/aromatic N) is 2. The fraction of sp³-hybridized carbons (Fsp3) is 0.182. The molecule has 30 heavy (non-hydrogen) atoms. The van der Waals surface area contributed by atoms with Gasteiger partial charge >= 0.3 is 11.9 Å². The average Bonchev–Trinajstić information content (AvgIpc) is 2.77. The van der Waals surface area contributed by atoms with Crippen molar-refractivity contribution in [2.45, 2.75) is 11.8 Å². The maximum atomic E-state index is 13.3. The molecule has 8 nitrogen and oxygen atoms in total. The van der Waals surface area contributed by atoms with Gasteiger partial charge in [-0.05, 0) is 11.1 Å². The third-order valence-corrected chi connectivity index (χ3v) is 4.89. The molecular weight excluding hydrogens is 388 g/mol. The Kier molecular flexibility index (Phi) is 5.43. The zero-order valence-corrected chi connectivity index (χ0v) is 16.0. The van der Waals surface area contributed by atoms with Crippen molar-refractivity contribution in [2.75, 3.05) is 14.2 Å². The van der Waals surface area contributed by atoms with Crippen molar-refractivity contribution < 1.29 is 28.7 Å². The Hall–Kier alpha value is -4.30.